The fourth-order valence-corrected chi connectivity index (χ4v) is 2.47. The van der Waals surface area contributed by atoms with Gasteiger partial charge in [0.05, 0.1) is 6.54 Å². The summed E-state index contributed by atoms with van der Waals surface area (Å²) in [6.07, 6.45) is -0.539. The number of hydrogen-bond donors (Lipinski definition) is 2. The van der Waals surface area contributed by atoms with Crippen LogP contribution in [0.1, 0.15) is 42.3 Å². The van der Waals surface area contributed by atoms with Crippen LogP contribution in [0.3, 0.4) is 0 Å². The third-order valence-electron chi connectivity index (χ3n) is 3.53. The molecule has 7 heteroatoms. The molecule has 0 radical (unpaired) electrons. The van der Waals surface area contributed by atoms with E-state index in [1.165, 1.54) is 4.90 Å². The average Bonchev–Trinajstić information content (AvgIpc) is 2.43. The van der Waals surface area contributed by atoms with Crippen LogP contribution >= 0.6 is 0 Å². The third-order valence-corrected chi connectivity index (χ3v) is 3.53. The molecule has 7 nitrogen and oxygen atoms in total. The number of carbonyl (C=O) groups excluding carboxylic acids is 2. The molecule has 124 valence electrons. The van der Waals surface area contributed by atoms with Crippen LogP contribution in [0, 0.1) is 0 Å². The molecular formula is C16H20N2O5. The van der Waals surface area contributed by atoms with Crippen molar-refractivity contribution in [2.45, 2.75) is 45.4 Å². The fourth-order valence-electron chi connectivity index (χ4n) is 2.47. The predicted molar refractivity (Wildman–Crippen MR) is 81.9 cm³/mol. The van der Waals surface area contributed by atoms with E-state index in [1.54, 1.807) is 39.0 Å². The molecule has 0 fully saturated rings. The summed E-state index contributed by atoms with van der Waals surface area (Å²) >= 11 is 0. The van der Waals surface area contributed by atoms with E-state index in [0.29, 0.717) is 11.1 Å². The molecule has 0 saturated carbocycles. The van der Waals surface area contributed by atoms with Crippen molar-refractivity contribution in [3.63, 3.8) is 0 Å². The number of carboxylic acid groups (broad SMARTS) is 1. The smallest absolute Gasteiger partial charge is 0.411 e. The Labute approximate surface area is 134 Å². The molecule has 1 aromatic rings. The topological polar surface area (TPSA) is 110 Å². The predicted octanol–water partition coefficient (Wildman–Crippen LogP) is 1.53. The molecule has 1 aliphatic heterocycles. The highest BCUT2D eigenvalue weighted by Gasteiger charge is 2.37. The van der Waals surface area contributed by atoms with Crippen molar-refractivity contribution < 1.29 is 24.2 Å². The second kappa shape index (κ2) is 5.91. The lowest BCUT2D eigenvalue weighted by atomic mass is 9.92. The van der Waals surface area contributed by atoms with Gasteiger partial charge in [-0.15, -0.1) is 0 Å². The zero-order valence-electron chi connectivity index (χ0n) is 13.3. The average molecular weight is 320 g/mol. The maximum Gasteiger partial charge on any atom is 0.411 e. The summed E-state index contributed by atoms with van der Waals surface area (Å²) in [4.78, 5) is 36.3. The quantitative estimate of drug-likeness (QED) is 0.858. The molecule has 1 aliphatic rings. The first-order valence-corrected chi connectivity index (χ1v) is 7.22. The molecule has 0 aromatic heterocycles. The van der Waals surface area contributed by atoms with Crippen molar-refractivity contribution in [2.24, 2.45) is 5.73 Å². The van der Waals surface area contributed by atoms with Gasteiger partial charge < -0.3 is 15.6 Å². The number of carboxylic acids is 1. The van der Waals surface area contributed by atoms with Crippen LogP contribution in [0.2, 0.25) is 0 Å². The number of hydrogen-bond acceptors (Lipinski definition) is 4. The van der Waals surface area contributed by atoms with E-state index in [2.05, 4.69) is 0 Å². The van der Waals surface area contributed by atoms with E-state index in [-0.39, 0.29) is 13.0 Å². The summed E-state index contributed by atoms with van der Waals surface area (Å²) in [5, 5.41) is 9.40. The molecule has 2 amide bonds. The van der Waals surface area contributed by atoms with Crippen LogP contribution in [-0.2, 0) is 22.5 Å². The van der Waals surface area contributed by atoms with Gasteiger partial charge >= 0.3 is 12.1 Å². The minimum absolute atomic E-state index is 0.0579. The monoisotopic (exact) mass is 320 g/mol. The van der Waals surface area contributed by atoms with Crippen LogP contribution in [-0.4, -0.2) is 39.6 Å². The molecule has 0 spiro atoms. The van der Waals surface area contributed by atoms with E-state index in [9.17, 15) is 19.5 Å². The molecule has 0 bridgehead atoms. The van der Waals surface area contributed by atoms with Gasteiger partial charge in [-0.1, -0.05) is 6.07 Å². The summed E-state index contributed by atoms with van der Waals surface area (Å²) < 4.78 is 5.28. The Balaban J connectivity index is 2.35. The highest BCUT2D eigenvalue weighted by Crippen LogP contribution is 2.26. The van der Waals surface area contributed by atoms with E-state index >= 15 is 0 Å². The van der Waals surface area contributed by atoms with E-state index in [1.807, 2.05) is 0 Å². The molecular weight excluding hydrogens is 300 g/mol. The normalized spacial score (nSPS) is 17.3. The standard InChI is InChI=1S/C16H20N2O5/c1-16(2,3)23-15(22)18-8-11-6-10(13(17)19)5-4-9(11)7-12(18)14(20)21/h4-6,12H,7-8H2,1-3H3,(H2,17,19)(H,20,21)/t12-/m1/s1. The molecule has 0 aliphatic carbocycles. The van der Waals surface area contributed by atoms with Gasteiger partial charge in [0, 0.05) is 12.0 Å². The van der Waals surface area contributed by atoms with Gasteiger partial charge in [-0.2, -0.15) is 0 Å². The minimum Gasteiger partial charge on any atom is -0.480 e. The SMILES string of the molecule is CC(C)(C)OC(=O)N1Cc2cc(C(N)=O)ccc2C[C@@H]1C(=O)O. The van der Waals surface area contributed by atoms with Gasteiger partial charge in [0.15, 0.2) is 0 Å². The Morgan fingerprint density at radius 2 is 1.91 bits per heavy atom. The van der Waals surface area contributed by atoms with E-state index < -0.39 is 29.6 Å². The zero-order chi connectivity index (χ0) is 17.4. The molecule has 3 N–H and O–H groups in total. The van der Waals surface area contributed by atoms with Crippen LogP contribution in [0.15, 0.2) is 18.2 Å². The van der Waals surface area contributed by atoms with Crippen molar-refractivity contribution in [1.29, 1.82) is 0 Å². The number of rotatable bonds is 2. The first kappa shape index (κ1) is 16.8. The highest BCUT2D eigenvalue weighted by molar-refractivity contribution is 5.93. The van der Waals surface area contributed by atoms with Gasteiger partial charge in [0.25, 0.3) is 0 Å². The number of benzene rings is 1. The van der Waals surface area contributed by atoms with Crippen LogP contribution in [0.4, 0.5) is 4.79 Å². The largest absolute Gasteiger partial charge is 0.480 e. The zero-order valence-corrected chi connectivity index (χ0v) is 13.3. The summed E-state index contributed by atoms with van der Waals surface area (Å²) in [5.41, 5.74) is 6.33. The van der Waals surface area contributed by atoms with E-state index in [4.69, 9.17) is 10.5 Å². The van der Waals surface area contributed by atoms with Crippen LogP contribution in [0.25, 0.3) is 0 Å². The number of amides is 2. The van der Waals surface area contributed by atoms with E-state index in [0.717, 1.165) is 5.56 Å². The molecule has 2 rings (SSSR count). The number of nitrogens with zero attached hydrogens (tertiary/aromatic N) is 1. The Kier molecular flexibility index (Phi) is 4.31. The first-order chi connectivity index (χ1) is 10.6. The second-order valence-electron chi connectivity index (χ2n) is 6.51. The first-order valence-electron chi connectivity index (χ1n) is 7.22. The van der Waals surface area contributed by atoms with Crippen molar-refractivity contribution in [3.8, 4) is 0 Å². The molecule has 1 atom stereocenters. The minimum atomic E-state index is -1.10. The number of primary amides is 1. The highest BCUT2D eigenvalue weighted by atomic mass is 16.6. The maximum atomic E-state index is 12.3. The Morgan fingerprint density at radius 3 is 2.43 bits per heavy atom. The van der Waals surface area contributed by atoms with Gasteiger partial charge in [0.2, 0.25) is 5.91 Å². The number of ether oxygens (including phenoxy) is 1. The van der Waals surface area contributed by atoms with Gasteiger partial charge in [0.1, 0.15) is 11.6 Å². The maximum absolute atomic E-state index is 12.3. The third kappa shape index (κ3) is 3.80. The van der Waals surface area contributed by atoms with Crippen LogP contribution < -0.4 is 5.73 Å². The molecule has 23 heavy (non-hydrogen) atoms. The number of carbonyl (C=O) groups is 3. The molecule has 0 unspecified atom stereocenters. The molecule has 0 saturated heterocycles. The number of aliphatic carboxylic acids is 1. The van der Waals surface area contributed by atoms with Crippen molar-refractivity contribution >= 4 is 18.0 Å². The van der Waals surface area contributed by atoms with Crippen molar-refractivity contribution in [3.05, 3.63) is 34.9 Å². The summed E-state index contributed by atoms with van der Waals surface area (Å²) in [6.45, 7) is 5.19. The number of nitrogens with two attached hydrogens (primary N) is 1. The lowest BCUT2D eigenvalue weighted by Gasteiger charge is -2.35. The lowest BCUT2D eigenvalue weighted by molar-refractivity contribution is -0.143. The molecule has 1 aromatic carbocycles. The Hall–Kier alpha value is -2.57. The van der Waals surface area contributed by atoms with Gasteiger partial charge in [-0.3, -0.25) is 9.69 Å². The number of fused-ring (bicyclic) bond motifs is 1. The van der Waals surface area contributed by atoms with Gasteiger partial charge in [-0.05, 0) is 44.0 Å². The summed E-state index contributed by atoms with van der Waals surface area (Å²) in [6, 6.07) is 3.82. The van der Waals surface area contributed by atoms with Crippen molar-refractivity contribution in [2.75, 3.05) is 0 Å². The molecule has 1 heterocycles. The van der Waals surface area contributed by atoms with Gasteiger partial charge in [-0.25, -0.2) is 9.59 Å². The summed E-state index contributed by atoms with van der Waals surface area (Å²) in [7, 11) is 0. The second-order valence-corrected chi connectivity index (χ2v) is 6.51. The Morgan fingerprint density at radius 1 is 1.26 bits per heavy atom. The summed E-state index contributed by atoms with van der Waals surface area (Å²) in [5.74, 6) is -1.67. The lowest BCUT2D eigenvalue weighted by Crippen LogP contribution is -2.50. The fraction of sp³-hybridized carbons (Fsp3) is 0.438. The Bertz CT molecular complexity index is 663. The van der Waals surface area contributed by atoms with Crippen molar-refractivity contribution in [1.82, 2.24) is 4.90 Å². The van der Waals surface area contributed by atoms with Crippen LogP contribution in [0.5, 0.6) is 0 Å².